The molecule has 1 fully saturated rings. The predicted molar refractivity (Wildman–Crippen MR) is 125 cm³/mol. The largest absolute Gasteiger partial charge is 0.325 e. The van der Waals surface area contributed by atoms with E-state index < -0.39 is 34.8 Å². The number of likely N-dealkylation sites (N-methyl/N-ethyl adjacent to an activating group) is 1. The van der Waals surface area contributed by atoms with Crippen LogP contribution in [0, 0.1) is 23.0 Å². The number of carbonyl (C=O) groups excluding carboxylic acids is 1. The summed E-state index contributed by atoms with van der Waals surface area (Å²) in [5, 5.41) is 11.5. The molecule has 3 aromatic rings. The Balaban J connectivity index is 1.53. The van der Waals surface area contributed by atoms with E-state index in [4.69, 9.17) is 16.9 Å². The average Bonchev–Trinajstić information content (AvgIpc) is 3.28. The van der Waals surface area contributed by atoms with E-state index in [9.17, 15) is 17.8 Å². The first-order valence-corrected chi connectivity index (χ1v) is 12.0. The van der Waals surface area contributed by atoms with Gasteiger partial charge in [-0.1, -0.05) is 17.7 Å². The number of halogens is 3. The molecule has 0 saturated carbocycles. The zero-order chi connectivity index (χ0) is 23.7. The molecule has 4 rings (SSSR count). The van der Waals surface area contributed by atoms with E-state index in [0.717, 1.165) is 15.8 Å². The molecule has 2 aromatic carbocycles. The van der Waals surface area contributed by atoms with E-state index in [1.807, 2.05) is 12.1 Å². The van der Waals surface area contributed by atoms with E-state index >= 15 is 0 Å². The van der Waals surface area contributed by atoms with Gasteiger partial charge in [0.05, 0.1) is 16.6 Å². The van der Waals surface area contributed by atoms with Gasteiger partial charge in [-0.15, -0.1) is 11.3 Å². The molecule has 2 N–H and O–H groups in total. The third-order valence-electron chi connectivity index (χ3n) is 5.24. The molecule has 2 heterocycles. The highest BCUT2D eigenvalue weighted by molar-refractivity contribution is 7.80. The summed E-state index contributed by atoms with van der Waals surface area (Å²) in [7, 11) is 1.57. The Kier molecular flexibility index (Phi) is 6.88. The second kappa shape index (κ2) is 9.67. The van der Waals surface area contributed by atoms with Crippen LogP contribution in [0.5, 0.6) is 0 Å². The van der Waals surface area contributed by atoms with E-state index in [1.54, 1.807) is 19.2 Å². The molecular formula is C22H17ClF2N4O2S2. The number of hydrogen-bond donors (Lipinski definition) is 2. The molecule has 1 aliphatic heterocycles. The monoisotopic (exact) mass is 506 g/mol. The van der Waals surface area contributed by atoms with Crippen LogP contribution in [-0.2, 0) is 16.0 Å². The molecule has 6 nitrogen and oxygen atoms in total. The van der Waals surface area contributed by atoms with Gasteiger partial charge < -0.3 is 5.32 Å². The summed E-state index contributed by atoms with van der Waals surface area (Å²) >= 11 is 5.54. The van der Waals surface area contributed by atoms with Crippen LogP contribution in [0.4, 0.5) is 14.5 Å². The fraction of sp³-hybridized carbons (Fsp3) is 0.182. The second-order valence-electron chi connectivity index (χ2n) is 7.34. The summed E-state index contributed by atoms with van der Waals surface area (Å²) in [6.45, 7) is 0. The van der Waals surface area contributed by atoms with Crippen molar-refractivity contribution >= 4 is 45.7 Å². The van der Waals surface area contributed by atoms with E-state index in [1.165, 1.54) is 39.9 Å². The van der Waals surface area contributed by atoms with Crippen LogP contribution in [-0.4, -0.2) is 27.5 Å². The average molecular weight is 507 g/mol. The minimum absolute atomic E-state index is 0.0285. The maximum absolute atomic E-state index is 14.0. The molecule has 0 aliphatic carbocycles. The molecule has 3 unspecified atom stereocenters. The highest BCUT2D eigenvalue weighted by Gasteiger charge is 2.37. The van der Waals surface area contributed by atoms with Crippen molar-refractivity contribution in [3.05, 3.63) is 75.6 Å². The van der Waals surface area contributed by atoms with Gasteiger partial charge in [0.1, 0.15) is 23.7 Å². The molecule has 3 atom stereocenters. The summed E-state index contributed by atoms with van der Waals surface area (Å²) < 4.78 is 44.4. The van der Waals surface area contributed by atoms with Gasteiger partial charge in [0.15, 0.2) is 11.2 Å². The van der Waals surface area contributed by atoms with Gasteiger partial charge in [0, 0.05) is 22.5 Å². The lowest BCUT2D eigenvalue weighted by Gasteiger charge is -2.35. The van der Waals surface area contributed by atoms with Gasteiger partial charge in [-0.05, 0) is 54.4 Å². The Hall–Kier alpha value is -2.68. The highest BCUT2D eigenvalue weighted by atomic mass is 35.5. The van der Waals surface area contributed by atoms with Gasteiger partial charge in [-0.3, -0.25) is 4.79 Å². The van der Waals surface area contributed by atoms with Crippen molar-refractivity contribution < 1.29 is 17.8 Å². The van der Waals surface area contributed by atoms with Crippen molar-refractivity contribution in [3.8, 4) is 16.5 Å². The van der Waals surface area contributed by atoms with Gasteiger partial charge in [-0.25, -0.2) is 22.0 Å². The Morgan fingerprint density at radius 3 is 2.73 bits per heavy atom. The van der Waals surface area contributed by atoms with E-state index in [-0.39, 0.29) is 16.6 Å². The van der Waals surface area contributed by atoms with E-state index in [2.05, 4.69) is 10.0 Å². The number of rotatable bonds is 4. The smallest absolute Gasteiger partial charge is 0.242 e. The first kappa shape index (κ1) is 23.5. The van der Waals surface area contributed by atoms with Crippen molar-refractivity contribution in [1.29, 1.82) is 5.26 Å². The quantitative estimate of drug-likeness (QED) is 0.534. The number of nitrogens with zero attached hydrogens (tertiary/aromatic N) is 2. The molecule has 0 spiro atoms. The van der Waals surface area contributed by atoms with Gasteiger partial charge in [0.2, 0.25) is 5.91 Å². The lowest BCUT2D eigenvalue weighted by Crippen LogP contribution is -2.52. The Morgan fingerprint density at radius 1 is 1.24 bits per heavy atom. The topological polar surface area (TPSA) is 85.2 Å². The third kappa shape index (κ3) is 4.98. The van der Waals surface area contributed by atoms with Crippen LogP contribution in [0.15, 0.2) is 48.5 Å². The van der Waals surface area contributed by atoms with Crippen LogP contribution >= 0.6 is 22.9 Å². The van der Waals surface area contributed by atoms with Gasteiger partial charge >= 0.3 is 0 Å². The van der Waals surface area contributed by atoms with Gasteiger partial charge in [-0.2, -0.15) is 5.26 Å². The fourth-order valence-electron chi connectivity index (χ4n) is 3.44. The number of benzene rings is 2. The standard InChI is InChI=1S/C22H17ClF2N4O2S2/c1-29-19(22(30)27-14-4-5-16(24)15(23)9-14)10-18(28-33(29)31)21-7-6-20(32-21)12-2-3-13(11-26)17(25)8-12/h2-9,18-19,28H,10H2,1H3,(H,27,30). The van der Waals surface area contributed by atoms with Crippen molar-refractivity contribution in [2.45, 2.75) is 18.5 Å². The molecule has 1 amide bonds. The summed E-state index contributed by atoms with van der Waals surface area (Å²) in [6, 6.07) is 12.6. The fourth-order valence-corrected chi connectivity index (χ4v) is 5.81. The number of hydrogen-bond acceptors (Lipinski definition) is 4. The normalized spacial score (nSPS) is 20.9. The van der Waals surface area contributed by atoms with Crippen molar-refractivity contribution in [3.63, 3.8) is 0 Å². The molecule has 0 radical (unpaired) electrons. The van der Waals surface area contributed by atoms with Crippen LogP contribution in [0.25, 0.3) is 10.4 Å². The molecule has 170 valence electrons. The van der Waals surface area contributed by atoms with Crippen LogP contribution in [0.1, 0.15) is 22.9 Å². The molecule has 33 heavy (non-hydrogen) atoms. The number of nitrogens with one attached hydrogen (secondary N) is 2. The number of anilines is 1. The van der Waals surface area contributed by atoms with Crippen LogP contribution < -0.4 is 10.0 Å². The maximum Gasteiger partial charge on any atom is 0.242 e. The predicted octanol–water partition coefficient (Wildman–Crippen LogP) is 4.77. The minimum atomic E-state index is -1.63. The SMILES string of the molecule is CN1C(C(=O)Nc2ccc(F)c(Cl)c2)CC(c2ccc(-c3ccc(C#N)c(F)c3)s2)NS1=O. The zero-order valence-corrected chi connectivity index (χ0v) is 19.5. The van der Waals surface area contributed by atoms with Crippen LogP contribution in [0.2, 0.25) is 5.02 Å². The van der Waals surface area contributed by atoms with E-state index in [0.29, 0.717) is 17.7 Å². The number of thiophene rings is 1. The maximum atomic E-state index is 14.0. The molecule has 11 heteroatoms. The number of nitriles is 1. The first-order chi connectivity index (χ1) is 15.8. The van der Waals surface area contributed by atoms with Crippen LogP contribution in [0.3, 0.4) is 0 Å². The van der Waals surface area contributed by atoms with Crippen molar-refractivity contribution in [2.75, 3.05) is 12.4 Å². The Bertz CT molecular complexity index is 1290. The second-order valence-corrected chi connectivity index (χ2v) is 10.2. The van der Waals surface area contributed by atoms with Crippen molar-refractivity contribution in [1.82, 2.24) is 9.03 Å². The third-order valence-corrected chi connectivity index (χ3v) is 8.04. The molecular weight excluding hydrogens is 490 g/mol. The lowest BCUT2D eigenvalue weighted by atomic mass is 10.1. The Morgan fingerprint density at radius 2 is 2.03 bits per heavy atom. The number of carbonyl (C=O) groups is 1. The Labute approximate surface area is 200 Å². The molecule has 1 saturated heterocycles. The number of amides is 1. The van der Waals surface area contributed by atoms with Gasteiger partial charge in [0.25, 0.3) is 0 Å². The van der Waals surface area contributed by atoms with Crippen molar-refractivity contribution in [2.24, 2.45) is 0 Å². The molecule has 1 aliphatic rings. The summed E-state index contributed by atoms with van der Waals surface area (Å²) in [5.74, 6) is -1.59. The highest BCUT2D eigenvalue weighted by Crippen LogP contribution is 2.36. The lowest BCUT2D eigenvalue weighted by molar-refractivity contribution is -0.120. The zero-order valence-electron chi connectivity index (χ0n) is 17.1. The minimum Gasteiger partial charge on any atom is -0.325 e. The molecule has 0 bridgehead atoms. The summed E-state index contributed by atoms with van der Waals surface area (Å²) in [4.78, 5) is 14.5. The molecule has 1 aromatic heterocycles. The first-order valence-electron chi connectivity index (χ1n) is 9.73. The summed E-state index contributed by atoms with van der Waals surface area (Å²) in [5.41, 5.74) is 0.931. The summed E-state index contributed by atoms with van der Waals surface area (Å²) in [6.07, 6.45) is 0.324.